The highest BCUT2D eigenvalue weighted by molar-refractivity contribution is 6.01. The second kappa shape index (κ2) is 10.1. The minimum absolute atomic E-state index is 0.0923. The Bertz CT molecular complexity index is 1070. The van der Waals surface area contributed by atoms with Crippen molar-refractivity contribution < 1.29 is 33.3 Å². The van der Waals surface area contributed by atoms with E-state index >= 15 is 0 Å². The van der Waals surface area contributed by atoms with Crippen molar-refractivity contribution in [1.82, 2.24) is 0 Å². The average molecular weight is 469 g/mol. The number of ketones is 1. The summed E-state index contributed by atoms with van der Waals surface area (Å²) in [7, 11) is 3.12. The van der Waals surface area contributed by atoms with Gasteiger partial charge in [-0.1, -0.05) is 18.2 Å². The fraction of sp³-hybridized carbons (Fsp3) is 0.481. The number of hydrogen-bond acceptors (Lipinski definition) is 7. The van der Waals surface area contributed by atoms with Gasteiger partial charge in [-0.15, -0.1) is 0 Å². The lowest BCUT2D eigenvalue weighted by atomic mass is 9.94. The van der Waals surface area contributed by atoms with Gasteiger partial charge in [-0.3, -0.25) is 9.59 Å². The maximum absolute atomic E-state index is 12.9. The number of aryl methyl sites for hydroxylation is 1. The molecular weight excluding hydrogens is 436 g/mol. The summed E-state index contributed by atoms with van der Waals surface area (Å²) in [5.41, 5.74) is 2.64. The Hall–Kier alpha value is -3.06. The lowest BCUT2D eigenvalue weighted by Gasteiger charge is -2.29. The Kier molecular flexibility index (Phi) is 7.12. The van der Waals surface area contributed by atoms with Gasteiger partial charge >= 0.3 is 5.97 Å². The van der Waals surface area contributed by atoms with Crippen LogP contribution in [-0.4, -0.2) is 51.9 Å². The first-order valence-electron chi connectivity index (χ1n) is 11.7. The van der Waals surface area contributed by atoms with Gasteiger partial charge in [0.15, 0.2) is 17.3 Å². The molecule has 2 aromatic rings. The Morgan fingerprint density at radius 3 is 2.44 bits per heavy atom. The first-order valence-corrected chi connectivity index (χ1v) is 11.7. The Morgan fingerprint density at radius 1 is 1.00 bits per heavy atom. The number of carbonyl (C=O) groups excluding carboxylic acids is 2. The molecule has 7 nitrogen and oxygen atoms in total. The summed E-state index contributed by atoms with van der Waals surface area (Å²) in [5, 5.41) is 0. The van der Waals surface area contributed by atoms with E-state index in [4.69, 9.17) is 23.7 Å². The van der Waals surface area contributed by atoms with E-state index < -0.39 is 5.41 Å². The van der Waals surface area contributed by atoms with Crippen molar-refractivity contribution in [3.63, 3.8) is 0 Å². The number of hydrogen-bond donors (Lipinski definition) is 0. The number of benzene rings is 2. The van der Waals surface area contributed by atoms with Crippen molar-refractivity contribution in [3.05, 3.63) is 41.5 Å². The highest BCUT2D eigenvalue weighted by Crippen LogP contribution is 2.45. The highest BCUT2D eigenvalue weighted by atomic mass is 16.6. The van der Waals surface area contributed by atoms with Crippen molar-refractivity contribution >= 4 is 11.8 Å². The van der Waals surface area contributed by atoms with Crippen LogP contribution in [0.15, 0.2) is 30.3 Å². The predicted octanol–water partition coefficient (Wildman–Crippen LogP) is 4.63. The predicted molar refractivity (Wildman–Crippen MR) is 127 cm³/mol. The van der Waals surface area contributed by atoms with E-state index in [0.717, 1.165) is 28.7 Å². The van der Waals surface area contributed by atoms with E-state index in [1.807, 2.05) is 44.2 Å². The topological polar surface area (TPSA) is 80.3 Å². The molecule has 0 bridgehead atoms. The Balaban J connectivity index is 1.61. The third-order valence-corrected chi connectivity index (χ3v) is 6.41. The summed E-state index contributed by atoms with van der Waals surface area (Å²) in [4.78, 5) is 25.0. The van der Waals surface area contributed by atoms with Gasteiger partial charge in [0.25, 0.3) is 0 Å². The molecule has 0 atom stereocenters. The van der Waals surface area contributed by atoms with Crippen LogP contribution in [0.4, 0.5) is 0 Å². The zero-order valence-electron chi connectivity index (χ0n) is 20.3. The molecule has 1 fully saturated rings. The fourth-order valence-electron chi connectivity index (χ4n) is 4.31. The molecule has 34 heavy (non-hydrogen) atoms. The highest BCUT2D eigenvalue weighted by Gasteiger charge is 2.34. The van der Waals surface area contributed by atoms with Crippen molar-refractivity contribution in [2.24, 2.45) is 5.41 Å². The van der Waals surface area contributed by atoms with E-state index in [0.29, 0.717) is 49.7 Å². The largest absolute Gasteiger partial charge is 0.493 e. The van der Waals surface area contributed by atoms with Crippen molar-refractivity contribution in [1.29, 1.82) is 0 Å². The SMILES string of the molecule is COc1ccc(-c2ccc3c(c2)CCC3=O)c(OCC(C)(C)C(=O)OC2CCOCC2)c1OC. The summed E-state index contributed by atoms with van der Waals surface area (Å²) in [5.74, 6) is 1.33. The zero-order valence-corrected chi connectivity index (χ0v) is 20.3. The first-order chi connectivity index (χ1) is 16.3. The number of ether oxygens (including phenoxy) is 5. The molecule has 2 aliphatic rings. The number of fused-ring (bicyclic) bond motifs is 1. The third-order valence-electron chi connectivity index (χ3n) is 6.41. The molecule has 7 heteroatoms. The van der Waals surface area contributed by atoms with Gasteiger partial charge < -0.3 is 23.7 Å². The van der Waals surface area contributed by atoms with Crippen LogP contribution < -0.4 is 14.2 Å². The van der Waals surface area contributed by atoms with Gasteiger partial charge in [-0.2, -0.15) is 0 Å². The summed E-state index contributed by atoms with van der Waals surface area (Å²) in [6.07, 6.45) is 2.56. The molecule has 0 radical (unpaired) electrons. The molecule has 182 valence electrons. The van der Waals surface area contributed by atoms with Crippen molar-refractivity contribution in [3.8, 4) is 28.4 Å². The van der Waals surface area contributed by atoms with Crippen LogP contribution in [0, 0.1) is 5.41 Å². The molecule has 0 unspecified atom stereocenters. The normalized spacial score (nSPS) is 16.2. The maximum atomic E-state index is 12.9. The molecule has 1 aliphatic heterocycles. The van der Waals surface area contributed by atoms with Gasteiger partial charge in [-0.05, 0) is 43.5 Å². The first kappa shape index (κ1) is 24.1. The number of carbonyl (C=O) groups is 2. The molecule has 4 rings (SSSR count). The molecule has 2 aromatic carbocycles. The van der Waals surface area contributed by atoms with Crippen LogP contribution in [-0.2, 0) is 20.7 Å². The Labute approximate surface area is 200 Å². The summed E-state index contributed by atoms with van der Waals surface area (Å²) in [6.45, 7) is 4.91. The molecular formula is C27H32O7. The van der Waals surface area contributed by atoms with Gasteiger partial charge in [-0.25, -0.2) is 0 Å². The van der Waals surface area contributed by atoms with Gasteiger partial charge in [0, 0.05) is 30.4 Å². The number of methoxy groups -OCH3 is 2. The molecule has 0 spiro atoms. The van der Waals surface area contributed by atoms with E-state index in [1.54, 1.807) is 14.2 Å². The van der Waals surface area contributed by atoms with Gasteiger partial charge in [0.05, 0.1) is 32.8 Å². The minimum Gasteiger partial charge on any atom is -0.493 e. The Morgan fingerprint density at radius 2 is 1.74 bits per heavy atom. The summed E-state index contributed by atoms with van der Waals surface area (Å²) < 4.78 is 28.5. The van der Waals surface area contributed by atoms with Crippen LogP contribution in [0.25, 0.3) is 11.1 Å². The van der Waals surface area contributed by atoms with Crippen LogP contribution >= 0.6 is 0 Å². The van der Waals surface area contributed by atoms with Crippen LogP contribution in [0.3, 0.4) is 0 Å². The summed E-state index contributed by atoms with van der Waals surface area (Å²) in [6, 6.07) is 9.54. The smallest absolute Gasteiger partial charge is 0.315 e. The third kappa shape index (κ3) is 4.89. The standard InChI is InChI=1S/C27H32O7/c1-27(2,26(29)34-19-11-13-32-14-12-19)16-33-24-21(8-10-23(30-3)25(24)31-4)18-5-7-20-17(15-18)6-9-22(20)28/h5,7-8,10,15,19H,6,9,11-14,16H2,1-4H3. The van der Waals surface area contributed by atoms with Crippen LogP contribution in [0.5, 0.6) is 17.2 Å². The minimum atomic E-state index is -0.881. The maximum Gasteiger partial charge on any atom is 0.315 e. The molecule has 1 heterocycles. The molecule has 0 saturated carbocycles. The van der Waals surface area contributed by atoms with Crippen molar-refractivity contribution in [2.45, 2.75) is 45.6 Å². The second-order valence-corrected chi connectivity index (χ2v) is 9.36. The second-order valence-electron chi connectivity index (χ2n) is 9.36. The van der Waals surface area contributed by atoms with E-state index in [1.165, 1.54) is 0 Å². The van der Waals surface area contributed by atoms with Crippen molar-refractivity contribution in [2.75, 3.05) is 34.0 Å². The lowest BCUT2D eigenvalue weighted by molar-refractivity contribution is -0.165. The molecule has 0 N–H and O–H groups in total. The lowest BCUT2D eigenvalue weighted by Crippen LogP contribution is -2.37. The quantitative estimate of drug-likeness (QED) is 0.523. The molecule has 0 aromatic heterocycles. The van der Waals surface area contributed by atoms with Crippen LogP contribution in [0.1, 0.15) is 49.0 Å². The summed E-state index contributed by atoms with van der Waals surface area (Å²) >= 11 is 0. The molecule has 1 aliphatic carbocycles. The van der Waals surface area contributed by atoms with Gasteiger partial charge in [0.2, 0.25) is 5.75 Å². The molecule has 0 amide bonds. The van der Waals surface area contributed by atoms with Crippen LogP contribution in [0.2, 0.25) is 0 Å². The van der Waals surface area contributed by atoms with E-state index in [-0.39, 0.29) is 24.5 Å². The number of Topliss-reactive ketones (excluding diaryl/α,β-unsaturated/α-hetero) is 1. The monoisotopic (exact) mass is 468 g/mol. The van der Waals surface area contributed by atoms with E-state index in [2.05, 4.69) is 0 Å². The fourth-order valence-corrected chi connectivity index (χ4v) is 4.31. The number of rotatable bonds is 8. The zero-order chi connectivity index (χ0) is 24.3. The number of esters is 1. The van der Waals surface area contributed by atoms with E-state index in [9.17, 15) is 9.59 Å². The molecule has 1 saturated heterocycles. The average Bonchev–Trinajstić information content (AvgIpc) is 3.22. The van der Waals surface area contributed by atoms with Gasteiger partial charge in [0.1, 0.15) is 12.7 Å².